The molecule has 0 bridgehead atoms. The van der Waals surface area contributed by atoms with Crippen LogP contribution in [0.3, 0.4) is 0 Å². The zero-order valence-electron chi connectivity index (χ0n) is 15.1. The van der Waals surface area contributed by atoms with Crippen LogP contribution < -0.4 is 10.2 Å². The molecule has 1 heterocycles. The number of fused-ring (bicyclic) bond motifs is 1. The van der Waals surface area contributed by atoms with E-state index in [9.17, 15) is 9.59 Å². The van der Waals surface area contributed by atoms with Gasteiger partial charge in [0.1, 0.15) is 0 Å². The van der Waals surface area contributed by atoms with E-state index in [-0.39, 0.29) is 17.7 Å². The molecule has 2 aromatic rings. The van der Waals surface area contributed by atoms with Crippen LogP contribution in [0.25, 0.3) is 0 Å². The Morgan fingerprint density at radius 3 is 2.58 bits per heavy atom. The van der Waals surface area contributed by atoms with E-state index in [0.717, 1.165) is 41.6 Å². The number of nitrogens with one attached hydrogen (secondary N) is 1. The molecular weight excluding hydrogens is 324 g/mol. The first kappa shape index (κ1) is 16.8. The fourth-order valence-corrected chi connectivity index (χ4v) is 3.63. The van der Waals surface area contributed by atoms with E-state index in [1.54, 1.807) is 0 Å². The van der Waals surface area contributed by atoms with Crippen LogP contribution in [0.5, 0.6) is 0 Å². The first-order valence-corrected chi connectivity index (χ1v) is 9.40. The fourth-order valence-electron chi connectivity index (χ4n) is 3.63. The lowest BCUT2D eigenvalue weighted by Gasteiger charge is -2.24. The standard InChI is InChI=1S/C22H24N2O2/c1-15-5-8-18(9-6-15)22(26)24-12-11-19-13-16(7-10-20(19)24)14-23-21(25)17-3-2-4-17/h5-10,13,17H,2-4,11-12,14H2,1H3,(H,23,25). The SMILES string of the molecule is Cc1ccc(C(=O)N2CCc3cc(CNC(=O)C4CCC4)ccc32)cc1. The number of nitrogens with zero attached hydrogens (tertiary/aromatic N) is 1. The van der Waals surface area contributed by atoms with Crippen molar-refractivity contribution in [3.05, 3.63) is 64.7 Å². The van der Waals surface area contributed by atoms with Crippen LogP contribution in [0.1, 0.15) is 46.3 Å². The van der Waals surface area contributed by atoms with Crippen molar-refractivity contribution < 1.29 is 9.59 Å². The normalized spacial score (nSPS) is 16.1. The molecule has 0 unspecified atom stereocenters. The van der Waals surface area contributed by atoms with Crippen molar-refractivity contribution in [3.63, 3.8) is 0 Å². The summed E-state index contributed by atoms with van der Waals surface area (Å²) in [6.07, 6.45) is 4.07. The number of rotatable bonds is 4. The number of hydrogen-bond donors (Lipinski definition) is 1. The van der Waals surface area contributed by atoms with Gasteiger partial charge in [0, 0.05) is 30.3 Å². The van der Waals surface area contributed by atoms with Crippen LogP contribution >= 0.6 is 0 Å². The zero-order valence-corrected chi connectivity index (χ0v) is 15.1. The molecule has 4 nitrogen and oxygen atoms in total. The third kappa shape index (κ3) is 3.24. The van der Waals surface area contributed by atoms with Crippen molar-refractivity contribution in [1.29, 1.82) is 0 Å². The second-order valence-corrected chi connectivity index (χ2v) is 7.38. The van der Waals surface area contributed by atoms with Crippen molar-refractivity contribution >= 4 is 17.5 Å². The molecule has 0 atom stereocenters. The van der Waals surface area contributed by atoms with Gasteiger partial charge in [-0.1, -0.05) is 36.2 Å². The molecule has 26 heavy (non-hydrogen) atoms. The van der Waals surface area contributed by atoms with E-state index in [1.165, 1.54) is 12.0 Å². The summed E-state index contributed by atoms with van der Waals surface area (Å²) in [4.78, 5) is 26.7. The van der Waals surface area contributed by atoms with E-state index in [2.05, 4.69) is 11.4 Å². The van der Waals surface area contributed by atoms with Gasteiger partial charge < -0.3 is 10.2 Å². The quantitative estimate of drug-likeness (QED) is 0.917. The maximum Gasteiger partial charge on any atom is 0.258 e. The number of amides is 2. The molecule has 1 fully saturated rings. The zero-order chi connectivity index (χ0) is 18.1. The predicted molar refractivity (Wildman–Crippen MR) is 102 cm³/mol. The van der Waals surface area contributed by atoms with E-state index in [0.29, 0.717) is 13.1 Å². The predicted octanol–water partition coefficient (Wildman–Crippen LogP) is 3.61. The van der Waals surface area contributed by atoms with E-state index in [4.69, 9.17) is 0 Å². The molecule has 0 spiro atoms. The summed E-state index contributed by atoms with van der Waals surface area (Å²) in [5, 5.41) is 3.04. The smallest absolute Gasteiger partial charge is 0.258 e. The summed E-state index contributed by atoms with van der Waals surface area (Å²) in [5.74, 6) is 0.440. The Morgan fingerprint density at radius 1 is 1.12 bits per heavy atom. The molecule has 1 aliphatic carbocycles. The van der Waals surface area contributed by atoms with Gasteiger partial charge in [0.2, 0.25) is 5.91 Å². The Kier molecular flexibility index (Phi) is 4.49. The molecular formula is C22H24N2O2. The third-order valence-electron chi connectivity index (χ3n) is 5.53. The summed E-state index contributed by atoms with van der Waals surface area (Å²) < 4.78 is 0. The molecule has 1 aliphatic heterocycles. The Morgan fingerprint density at radius 2 is 1.88 bits per heavy atom. The molecule has 4 rings (SSSR count). The molecule has 0 saturated heterocycles. The summed E-state index contributed by atoms with van der Waals surface area (Å²) in [7, 11) is 0. The van der Waals surface area contributed by atoms with Crippen LogP contribution in [0.4, 0.5) is 5.69 Å². The summed E-state index contributed by atoms with van der Waals surface area (Å²) in [6, 6.07) is 13.9. The summed E-state index contributed by atoms with van der Waals surface area (Å²) in [6.45, 7) is 3.29. The maximum absolute atomic E-state index is 12.8. The van der Waals surface area contributed by atoms with Gasteiger partial charge in [0.05, 0.1) is 0 Å². The van der Waals surface area contributed by atoms with Crippen LogP contribution in [0.15, 0.2) is 42.5 Å². The fraction of sp³-hybridized carbons (Fsp3) is 0.364. The Bertz CT molecular complexity index is 838. The maximum atomic E-state index is 12.8. The molecule has 0 aromatic heterocycles. The number of aryl methyl sites for hydroxylation is 1. The molecule has 2 aliphatic rings. The van der Waals surface area contributed by atoms with Crippen LogP contribution in [0.2, 0.25) is 0 Å². The lowest BCUT2D eigenvalue weighted by atomic mass is 9.85. The lowest BCUT2D eigenvalue weighted by Crippen LogP contribution is -2.33. The van der Waals surface area contributed by atoms with Crippen molar-refractivity contribution in [2.75, 3.05) is 11.4 Å². The van der Waals surface area contributed by atoms with Crippen molar-refractivity contribution in [1.82, 2.24) is 5.32 Å². The lowest BCUT2D eigenvalue weighted by molar-refractivity contribution is -0.127. The summed E-state index contributed by atoms with van der Waals surface area (Å²) in [5.41, 5.74) is 5.14. The Balaban J connectivity index is 1.45. The van der Waals surface area contributed by atoms with Gasteiger partial charge in [-0.05, 0) is 55.5 Å². The second kappa shape index (κ2) is 6.94. The molecule has 134 valence electrons. The highest BCUT2D eigenvalue weighted by molar-refractivity contribution is 6.07. The van der Waals surface area contributed by atoms with Gasteiger partial charge in [-0.15, -0.1) is 0 Å². The van der Waals surface area contributed by atoms with Gasteiger partial charge in [-0.3, -0.25) is 9.59 Å². The topological polar surface area (TPSA) is 49.4 Å². The van der Waals surface area contributed by atoms with Crippen LogP contribution in [-0.2, 0) is 17.8 Å². The average molecular weight is 348 g/mol. The average Bonchev–Trinajstić information content (AvgIpc) is 3.01. The van der Waals surface area contributed by atoms with Gasteiger partial charge in [-0.2, -0.15) is 0 Å². The highest BCUT2D eigenvalue weighted by atomic mass is 16.2. The number of anilines is 1. The minimum absolute atomic E-state index is 0.0507. The van der Waals surface area contributed by atoms with Gasteiger partial charge in [0.25, 0.3) is 5.91 Å². The molecule has 4 heteroatoms. The van der Waals surface area contributed by atoms with Crippen molar-refractivity contribution in [2.24, 2.45) is 5.92 Å². The first-order chi connectivity index (χ1) is 12.6. The Hall–Kier alpha value is -2.62. The largest absolute Gasteiger partial charge is 0.352 e. The minimum atomic E-state index is 0.0507. The van der Waals surface area contributed by atoms with E-state index < -0.39 is 0 Å². The van der Waals surface area contributed by atoms with Gasteiger partial charge >= 0.3 is 0 Å². The molecule has 2 aromatic carbocycles. The van der Waals surface area contributed by atoms with E-state index >= 15 is 0 Å². The third-order valence-corrected chi connectivity index (χ3v) is 5.53. The minimum Gasteiger partial charge on any atom is -0.352 e. The first-order valence-electron chi connectivity index (χ1n) is 9.40. The van der Waals surface area contributed by atoms with Crippen molar-refractivity contribution in [3.8, 4) is 0 Å². The monoisotopic (exact) mass is 348 g/mol. The number of carbonyl (C=O) groups excluding carboxylic acids is 2. The molecule has 1 N–H and O–H groups in total. The van der Waals surface area contributed by atoms with Crippen LogP contribution in [-0.4, -0.2) is 18.4 Å². The van der Waals surface area contributed by atoms with Gasteiger partial charge in [-0.25, -0.2) is 0 Å². The number of benzene rings is 2. The summed E-state index contributed by atoms with van der Waals surface area (Å²) >= 11 is 0. The molecule has 0 radical (unpaired) electrons. The highest BCUT2D eigenvalue weighted by Gasteiger charge is 2.27. The number of carbonyl (C=O) groups is 2. The molecule has 2 amide bonds. The van der Waals surface area contributed by atoms with Crippen LogP contribution in [0, 0.1) is 12.8 Å². The Labute approximate surface area is 154 Å². The van der Waals surface area contributed by atoms with E-state index in [1.807, 2.05) is 48.2 Å². The second-order valence-electron chi connectivity index (χ2n) is 7.38. The van der Waals surface area contributed by atoms with Crippen molar-refractivity contribution in [2.45, 2.75) is 39.2 Å². The van der Waals surface area contributed by atoms with Gasteiger partial charge in [0.15, 0.2) is 0 Å². The number of hydrogen-bond acceptors (Lipinski definition) is 2. The highest BCUT2D eigenvalue weighted by Crippen LogP contribution is 2.30. The molecule has 1 saturated carbocycles.